The Kier molecular flexibility index (Phi) is 4.14. The Morgan fingerprint density at radius 1 is 1.18 bits per heavy atom. The molecule has 0 aromatic carbocycles. The van der Waals surface area contributed by atoms with Crippen LogP contribution in [0.4, 0.5) is 0 Å². The van der Waals surface area contributed by atoms with Gasteiger partial charge in [0.05, 0.1) is 5.54 Å². The van der Waals surface area contributed by atoms with Gasteiger partial charge < -0.3 is 15.7 Å². The molecule has 98 valence electrons. The second-order valence-electron chi connectivity index (χ2n) is 5.28. The third kappa shape index (κ3) is 2.97. The first-order valence-corrected chi connectivity index (χ1v) is 6.09. The molecule has 0 aliphatic heterocycles. The van der Waals surface area contributed by atoms with E-state index in [-0.39, 0.29) is 5.91 Å². The Morgan fingerprint density at radius 3 is 2.12 bits per heavy atom. The van der Waals surface area contributed by atoms with Crippen LogP contribution in [0.25, 0.3) is 0 Å². The van der Waals surface area contributed by atoms with Crippen LogP contribution in [-0.4, -0.2) is 35.1 Å². The maximum absolute atomic E-state index is 12.0. The van der Waals surface area contributed by atoms with Gasteiger partial charge in [-0.15, -0.1) is 0 Å². The maximum Gasteiger partial charge on any atom is 0.329 e. The summed E-state index contributed by atoms with van der Waals surface area (Å²) in [4.78, 5) is 23.4. The molecule has 1 rings (SSSR count). The minimum absolute atomic E-state index is 0.260. The molecule has 1 fully saturated rings. The number of hydrogen-bond acceptors (Lipinski definition) is 3. The molecule has 1 aliphatic carbocycles. The van der Waals surface area contributed by atoms with Crippen molar-refractivity contribution in [2.24, 2.45) is 0 Å². The lowest BCUT2D eigenvalue weighted by Crippen LogP contribution is -2.62. The number of carbonyl (C=O) groups excluding carboxylic acids is 1. The highest BCUT2D eigenvalue weighted by Crippen LogP contribution is 2.29. The molecule has 1 amide bonds. The summed E-state index contributed by atoms with van der Waals surface area (Å²) < 4.78 is 0. The molecule has 0 aromatic heterocycles. The first-order valence-electron chi connectivity index (χ1n) is 6.09. The standard InChI is InChI=1S/C12H22N2O3/c1-11(2,13-3)9(15)14-12(10(16)17)7-5-4-6-8-12/h13H,4-8H2,1-3H3,(H,14,15)(H,16,17). The monoisotopic (exact) mass is 242 g/mol. The zero-order chi connectivity index (χ0) is 13.1. The van der Waals surface area contributed by atoms with Crippen molar-refractivity contribution >= 4 is 11.9 Å². The van der Waals surface area contributed by atoms with Crippen LogP contribution >= 0.6 is 0 Å². The predicted molar refractivity (Wildman–Crippen MR) is 64.7 cm³/mol. The van der Waals surface area contributed by atoms with E-state index in [1.54, 1.807) is 20.9 Å². The van der Waals surface area contributed by atoms with Gasteiger partial charge in [0, 0.05) is 0 Å². The molecule has 0 atom stereocenters. The van der Waals surface area contributed by atoms with E-state index < -0.39 is 17.0 Å². The number of carboxylic acids is 1. The fourth-order valence-electron chi connectivity index (χ4n) is 2.03. The summed E-state index contributed by atoms with van der Waals surface area (Å²) in [6.45, 7) is 3.47. The summed E-state index contributed by atoms with van der Waals surface area (Å²) in [6.07, 6.45) is 3.79. The first-order chi connectivity index (χ1) is 7.84. The van der Waals surface area contributed by atoms with Gasteiger partial charge in [0.2, 0.25) is 5.91 Å². The summed E-state index contributed by atoms with van der Waals surface area (Å²) in [5.74, 6) is -1.18. The topological polar surface area (TPSA) is 78.4 Å². The van der Waals surface area contributed by atoms with Crippen molar-refractivity contribution in [2.45, 2.75) is 57.0 Å². The van der Waals surface area contributed by atoms with Gasteiger partial charge in [0.1, 0.15) is 5.54 Å². The average Bonchev–Trinajstić information content (AvgIpc) is 2.30. The van der Waals surface area contributed by atoms with Crippen LogP contribution < -0.4 is 10.6 Å². The van der Waals surface area contributed by atoms with Gasteiger partial charge in [-0.2, -0.15) is 0 Å². The van der Waals surface area contributed by atoms with E-state index in [9.17, 15) is 14.7 Å². The predicted octanol–water partition coefficient (Wildman–Crippen LogP) is 0.888. The molecule has 3 N–H and O–H groups in total. The van der Waals surface area contributed by atoms with E-state index in [1.807, 2.05) is 0 Å². The molecule has 0 heterocycles. The van der Waals surface area contributed by atoms with Gasteiger partial charge >= 0.3 is 5.97 Å². The highest BCUT2D eigenvalue weighted by atomic mass is 16.4. The molecule has 0 bridgehead atoms. The molecule has 0 aromatic rings. The number of rotatable bonds is 4. The lowest BCUT2D eigenvalue weighted by molar-refractivity contribution is -0.150. The van der Waals surface area contributed by atoms with E-state index in [0.29, 0.717) is 12.8 Å². The quantitative estimate of drug-likeness (QED) is 0.684. The second kappa shape index (κ2) is 5.04. The van der Waals surface area contributed by atoms with E-state index in [0.717, 1.165) is 19.3 Å². The zero-order valence-corrected chi connectivity index (χ0v) is 10.8. The van der Waals surface area contributed by atoms with Crippen LogP contribution in [-0.2, 0) is 9.59 Å². The molecule has 5 nitrogen and oxygen atoms in total. The van der Waals surface area contributed by atoms with Gasteiger partial charge in [-0.25, -0.2) is 4.79 Å². The normalized spacial score (nSPS) is 19.7. The summed E-state index contributed by atoms with van der Waals surface area (Å²) in [5.41, 5.74) is -1.82. The van der Waals surface area contributed by atoms with Crippen LogP contribution in [0.3, 0.4) is 0 Å². The summed E-state index contributed by atoms with van der Waals surface area (Å²) >= 11 is 0. The Hall–Kier alpha value is -1.10. The van der Waals surface area contributed by atoms with Crippen molar-refractivity contribution in [1.82, 2.24) is 10.6 Å². The number of hydrogen-bond donors (Lipinski definition) is 3. The number of carboxylic acid groups (broad SMARTS) is 1. The molecule has 0 radical (unpaired) electrons. The van der Waals surface area contributed by atoms with Gasteiger partial charge in [-0.1, -0.05) is 19.3 Å². The first kappa shape index (κ1) is 14.0. The molecule has 1 aliphatic rings. The highest BCUT2D eigenvalue weighted by molar-refractivity contribution is 5.91. The molecule has 1 saturated carbocycles. The van der Waals surface area contributed by atoms with Crippen molar-refractivity contribution in [1.29, 1.82) is 0 Å². The Balaban J connectivity index is 2.81. The number of aliphatic carboxylic acids is 1. The van der Waals surface area contributed by atoms with E-state index in [1.165, 1.54) is 0 Å². The molecule has 0 unspecified atom stereocenters. The minimum atomic E-state index is -1.07. The third-order valence-corrected chi connectivity index (χ3v) is 3.66. The smallest absolute Gasteiger partial charge is 0.329 e. The number of carbonyl (C=O) groups is 2. The molecule has 0 saturated heterocycles. The van der Waals surface area contributed by atoms with E-state index in [4.69, 9.17) is 0 Å². The maximum atomic E-state index is 12.0. The minimum Gasteiger partial charge on any atom is -0.480 e. The van der Waals surface area contributed by atoms with Crippen molar-refractivity contribution < 1.29 is 14.7 Å². The van der Waals surface area contributed by atoms with Crippen molar-refractivity contribution in [3.05, 3.63) is 0 Å². The van der Waals surface area contributed by atoms with Gasteiger partial charge in [0.15, 0.2) is 0 Å². The van der Waals surface area contributed by atoms with Crippen LogP contribution in [0.15, 0.2) is 0 Å². The third-order valence-electron chi connectivity index (χ3n) is 3.66. The number of amides is 1. The van der Waals surface area contributed by atoms with Crippen LogP contribution in [0.5, 0.6) is 0 Å². The second-order valence-corrected chi connectivity index (χ2v) is 5.28. The molecule has 5 heteroatoms. The fraction of sp³-hybridized carbons (Fsp3) is 0.833. The summed E-state index contributed by atoms with van der Waals surface area (Å²) in [5, 5.41) is 14.9. The van der Waals surface area contributed by atoms with E-state index in [2.05, 4.69) is 10.6 Å². The summed E-state index contributed by atoms with van der Waals surface area (Å²) in [6, 6.07) is 0. The Bertz CT molecular complexity index is 307. The van der Waals surface area contributed by atoms with Gasteiger partial charge in [0.25, 0.3) is 0 Å². The lowest BCUT2D eigenvalue weighted by Gasteiger charge is -2.36. The lowest BCUT2D eigenvalue weighted by atomic mass is 9.81. The zero-order valence-electron chi connectivity index (χ0n) is 10.8. The molecular formula is C12H22N2O3. The van der Waals surface area contributed by atoms with Gasteiger partial charge in [-0.05, 0) is 33.7 Å². The average molecular weight is 242 g/mol. The molecular weight excluding hydrogens is 220 g/mol. The van der Waals surface area contributed by atoms with Crippen LogP contribution in [0.2, 0.25) is 0 Å². The fourth-order valence-corrected chi connectivity index (χ4v) is 2.03. The van der Waals surface area contributed by atoms with Crippen molar-refractivity contribution in [3.63, 3.8) is 0 Å². The SMILES string of the molecule is CNC(C)(C)C(=O)NC1(C(=O)O)CCCCC1. The van der Waals surface area contributed by atoms with E-state index >= 15 is 0 Å². The molecule has 0 spiro atoms. The number of likely N-dealkylation sites (N-methyl/N-ethyl adjacent to an activating group) is 1. The number of nitrogens with one attached hydrogen (secondary N) is 2. The molecule has 17 heavy (non-hydrogen) atoms. The largest absolute Gasteiger partial charge is 0.480 e. The summed E-state index contributed by atoms with van der Waals surface area (Å²) in [7, 11) is 1.69. The van der Waals surface area contributed by atoms with Gasteiger partial charge in [-0.3, -0.25) is 4.79 Å². The van der Waals surface area contributed by atoms with Crippen molar-refractivity contribution in [3.8, 4) is 0 Å². The highest BCUT2D eigenvalue weighted by Gasteiger charge is 2.43. The Labute approximate surface area is 102 Å². The van der Waals surface area contributed by atoms with Crippen LogP contribution in [0, 0.1) is 0 Å². The van der Waals surface area contributed by atoms with Crippen molar-refractivity contribution in [2.75, 3.05) is 7.05 Å². The Morgan fingerprint density at radius 2 is 1.71 bits per heavy atom. The van der Waals surface area contributed by atoms with Crippen LogP contribution in [0.1, 0.15) is 46.0 Å².